The van der Waals surface area contributed by atoms with E-state index in [2.05, 4.69) is 10.1 Å². The molecule has 0 saturated carbocycles. The fraction of sp³-hybridized carbons (Fsp3) is 0.238. The molecule has 1 saturated heterocycles. The number of ether oxygens (including phenoxy) is 1. The summed E-state index contributed by atoms with van der Waals surface area (Å²) in [4.78, 5) is 33.9. The van der Waals surface area contributed by atoms with Crippen LogP contribution in [0.25, 0.3) is 0 Å². The average molecular weight is 390 g/mol. The number of aromatic nitrogens is 2. The minimum atomic E-state index is -0.636. The molecule has 2 unspecified atom stereocenters. The molecule has 146 valence electrons. The first-order chi connectivity index (χ1) is 14.2. The normalized spacial score (nSPS) is 20.6. The maximum absolute atomic E-state index is 13.6. The van der Waals surface area contributed by atoms with E-state index < -0.39 is 6.04 Å². The molecule has 4 heterocycles. The van der Waals surface area contributed by atoms with Gasteiger partial charge in [-0.1, -0.05) is 23.4 Å². The van der Waals surface area contributed by atoms with Crippen LogP contribution in [0.3, 0.4) is 0 Å². The Morgan fingerprint density at radius 2 is 2.03 bits per heavy atom. The molecule has 1 fully saturated rings. The third-order valence-electron chi connectivity index (χ3n) is 5.24. The third kappa shape index (κ3) is 3.12. The molecule has 8 nitrogen and oxygen atoms in total. The van der Waals surface area contributed by atoms with Gasteiger partial charge in [0, 0.05) is 24.9 Å². The van der Waals surface area contributed by atoms with Gasteiger partial charge >= 0.3 is 0 Å². The van der Waals surface area contributed by atoms with Crippen molar-refractivity contribution < 1.29 is 18.8 Å². The smallest absolute Gasteiger partial charge is 0.293 e. The first kappa shape index (κ1) is 17.4. The molecule has 0 aliphatic carbocycles. The van der Waals surface area contributed by atoms with E-state index in [1.807, 2.05) is 36.4 Å². The number of carbonyl (C=O) groups excluding carboxylic acids is 2. The number of amides is 2. The second-order valence-corrected chi connectivity index (χ2v) is 7.08. The van der Waals surface area contributed by atoms with Crippen molar-refractivity contribution in [3.8, 4) is 5.75 Å². The van der Waals surface area contributed by atoms with Gasteiger partial charge in [-0.05, 0) is 23.8 Å². The monoisotopic (exact) mass is 390 g/mol. The Labute approximate surface area is 166 Å². The van der Waals surface area contributed by atoms with E-state index in [0.29, 0.717) is 30.9 Å². The SMILES string of the molecule is O=C1C2CC(CN2C(=O)c2ccno2)Oc2ccccc2N1Cc1cccnc1. The van der Waals surface area contributed by atoms with Crippen molar-refractivity contribution in [1.82, 2.24) is 15.0 Å². The molecule has 2 aliphatic heterocycles. The predicted octanol–water partition coefficient (Wildman–Crippen LogP) is 2.28. The number of para-hydroxylation sites is 2. The van der Waals surface area contributed by atoms with E-state index >= 15 is 0 Å². The number of rotatable bonds is 3. The molecule has 8 heteroatoms. The van der Waals surface area contributed by atoms with Gasteiger partial charge in [0.05, 0.1) is 25.0 Å². The van der Waals surface area contributed by atoms with Crippen LogP contribution >= 0.6 is 0 Å². The number of pyridine rings is 1. The van der Waals surface area contributed by atoms with Gasteiger partial charge in [0.1, 0.15) is 17.9 Å². The van der Waals surface area contributed by atoms with Crippen LogP contribution in [-0.4, -0.2) is 45.5 Å². The second-order valence-electron chi connectivity index (χ2n) is 7.08. The van der Waals surface area contributed by atoms with E-state index in [0.717, 1.165) is 5.56 Å². The van der Waals surface area contributed by atoms with Crippen molar-refractivity contribution in [3.05, 3.63) is 72.4 Å². The lowest BCUT2D eigenvalue weighted by atomic mass is 10.1. The van der Waals surface area contributed by atoms with Gasteiger partial charge in [-0.15, -0.1) is 0 Å². The molecule has 5 rings (SSSR count). The Morgan fingerprint density at radius 3 is 2.83 bits per heavy atom. The topological polar surface area (TPSA) is 88.8 Å². The summed E-state index contributed by atoms with van der Waals surface area (Å²) in [6.07, 6.45) is 4.99. The lowest BCUT2D eigenvalue weighted by Crippen LogP contribution is -2.47. The van der Waals surface area contributed by atoms with E-state index in [1.165, 1.54) is 17.2 Å². The molecule has 0 radical (unpaired) electrons. The highest BCUT2D eigenvalue weighted by atomic mass is 16.5. The van der Waals surface area contributed by atoms with Crippen molar-refractivity contribution in [1.29, 1.82) is 0 Å². The fourth-order valence-corrected chi connectivity index (χ4v) is 3.90. The molecule has 2 aromatic heterocycles. The molecule has 2 bridgehead atoms. The van der Waals surface area contributed by atoms with Crippen LogP contribution in [0.1, 0.15) is 22.5 Å². The number of carbonyl (C=O) groups is 2. The molecule has 0 spiro atoms. The number of likely N-dealkylation sites (tertiary alicyclic amines) is 1. The third-order valence-corrected chi connectivity index (χ3v) is 5.24. The molecule has 3 aromatic rings. The van der Waals surface area contributed by atoms with Crippen molar-refractivity contribution in [3.63, 3.8) is 0 Å². The number of fused-ring (bicyclic) bond motifs is 3. The second kappa shape index (κ2) is 7.05. The van der Waals surface area contributed by atoms with Crippen LogP contribution in [0.15, 0.2) is 65.6 Å². The zero-order valence-corrected chi connectivity index (χ0v) is 15.5. The summed E-state index contributed by atoms with van der Waals surface area (Å²) in [7, 11) is 0. The molecular weight excluding hydrogens is 372 g/mol. The van der Waals surface area contributed by atoms with Gasteiger partial charge in [-0.2, -0.15) is 0 Å². The van der Waals surface area contributed by atoms with Crippen LogP contribution in [0.4, 0.5) is 5.69 Å². The highest BCUT2D eigenvalue weighted by Crippen LogP contribution is 2.37. The number of hydrogen-bond acceptors (Lipinski definition) is 6. The minimum absolute atomic E-state index is 0.110. The maximum atomic E-state index is 13.6. The Balaban J connectivity index is 1.54. The largest absolute Gasteiger partial charge is 0.486 e. The van der Waals surface area contributed by atoms with Crippen molar-refractivity contribution >= 4 is 17.5 Å². The quantitative estimate of drug-likeness (QED) is 0.682. The molecule has 0 N–H and O–H groups in total. The Bertz CT molecular complexity index is 1040. The molecule has 2 amide bonds. The molecule has 29 heavy (non-hydrogen) atoms. The Hall–Kier alpha value is -3.68. The zero-order valence-electron chi connectivity index (χ0n) is 15.5. The van der Waals surface area contributed by atoms with Gasteiger partial charge in [0.25, 0.3) is 5.91 Å². The first-order valence-electron chi connectivity index (χ1n) is 9.38. The van der Waals surface area contributed by atoms with Gasteiger partial charge < -0.3 is 19.1 Å². The summed E-state index contributed by atoms with van der Waals surface area (Å²) in [5, 5.41) is 3.60. The average Bonchev–Trinajstić information content (AvgIpc) is 3.42. The van der Waals surface area contributed by atoms with Crippen LogP contribution in [0, 0.1) is 0 Å². The lowest BCUT2D eigenvalue weighted by molar-refractivity contribution is -0.122. The van der Waals surface area contributed by atoms with Gasteiger partial charge in [0.2, 0.25) is 11.7 Å². The van der Waals surface area contributed by atoms with Gasteiger partial charge in [0.15, 0.2) is 0 Å². The molecule has 2 atom stereocenters. The van der Waals surface area contributed by atoms with Crippen molar-refractivity contribution in [2.75, 3.05) is 11.4 Å². The van der Waals surface area contributed by atoms with Gasteiger partial charge in [-0.3, -0.25) is 14.6 Å². The van der Waals surface area contributed by atoms with Crippen LogP contribution < -0.4 is 9.64 Å². The van der Waals surface area contributed by atoms with Crippen molar-refractivity contribution in [2.24, 2.45) is 0 Å². The molecule has 2 aliphatic rings. The Kier molecular flexibility index (Phi) is 4.23. The first-order valence-corrected chi connectivity index (χ1v) is 9.38. The summed E-state index contributed by atoms with van der Waals surface area (Å²) in [6.45, 7) is 0.642. The van der Waals surface area contributed by atoms with Crippen LogP contribution in [-0.2, 0) is 11.3 Å². The van der Waals surface area contributed by atoms with E-state index in [4.69, 9.17) is 9.26 Å². The maximum Gasteiger partial charge on any atom is 0.293 e. The summed E-state index contributed by atoms with van der Waals surface area (Å²) in [6, 6.07) is 12.1. The molecular formula is C21H18N4O4. The summed E-state index contributed by atoms with van der Waals surface area (Å²) in [5.41, 5.74) is 1.57. The lowest BCUT2D eigenvalue weighted by Gasteiger charge is -2.31. The van der Waals surface area contributed by atoms with Crippen LogP contribution in [0.5, 0.6) is 5.75 Å². The van der Waals surface area contributed by atoms with Crippen LogP contribution in [0.2, 0.25) is 0 Å². The predicted molar refractivity (Wildman–Crippen MR) is 102 cm³/mol. The highest BCUT2D eigenvalue weighted by Gasteiger charge is 2.45. The zero-order chi connectivity index (χ0) is 19.8. The highest BCUT2D eigenvalue weighted by molar-refractivity contribution is 6.03. The minimum Gasteiger partial charge on any atom is -0.486 e. The molecule has 1 aromatic carbocycles. The standard InChI is InChI=1S/C21H18N4O4/c26-20-17-10-15(13-25(17)21(27)19-7-9-23-29-19)28-18-6-2-1-5-16(18)24(20)12-14-4-3-8-22-11-14/h1-9,11,15,17H,10,12-13H2. The fourth-order valence-electron chi connectivity index (χ4n) is 3.90. The summed E-state index contributed by atoms with van der Waals surface area (Å²) >= 11 is 0. The van der Waals surface area contributed by atoms with E-state index in [-0.39, 0.29) is 23.7 Å². The summed E-state index contributed by atoms with van der Waals surface area (Å²) < 4.78 is 11.2. The number of hydrogen-bond donors (Lipinski definition) is 0. The number of benzene rings is 1. The summed E-state index contributed by atoms with van der Waals surface area (Å²) in [5.74, 6) is 0.223. The number of anilines is 1. The van der Waals surface area contributed by atoms with Crippen molar-refractivity contribution in [2.45, 2.75) is 25.1 Å². The van der Waals surface area contributed by atoms with Gasteiger partial charge in [-0.25, -0.2) is 0 Å². The van der Waals surface area contributed by atoms with E-state index in [9.17, 15) is 9.59 Å². The number of nitrogens with zero attached hydrogens (tertiary/aromatic N) is 4. The Morgan fingerprint density at radius 1 is 1.14 bits per heavy atom. The van der Waals surface area contributed by atoms with E-state index in [1.54, 1.807) is 17.3 Å².